The second-order valence-corrected chi connectivity index (χ2v) is 21.7. The summed E-state index contributed by atoms with van der Waals surface area (Å²) in [6.45, 7) is 2.26. The summed E-state index contributed by atoms with van der Waals surface area (Å²) in [6.07, 6.45) is 1.05. The fourth-order valence-corrected chi connectivity index (χ4v) is 10.3. The summed E-state index contributed by atoms with van der Waals surface area (Å²) < 4.78 is 0. The number of primary amides is 2. The number of hydrogen-bond acceptors (Lipinski definition) is 15. The van der Waals surface area contributed by atoms with Crippen molar-refractivity contribution in [2.24, 2.45) is 17.2 Å². The fourth-order valence-electron chi connectivity index (χ4n) is 10.3. The molecule has 1 aliphatic rings. The monoisotopic (exact) mass is 1220 g/mol. The number of fused-ring (bicyclic) bond motifs is 2. The summed E-state index contributed by atoms with van der Waals surface area (Å²) in [7, 11) is 0. The van der Waals surface area contributed by atoms with Gasteiger partial charge in [0.05, 0.1) is 31.0 Å². The predicted octanol–water partition coefficient (Wildman–Crippen LogP) is -2.66. The molecule has 468 valence electrons. The molecule has 1 saturated heterocycles. The van der Waals surface area contributed by atoms with Crippen molar-refractivity contribution >= 4 is 86.8 Å². The molecule has 0 bridgehead atoms. The fraction of sp³-hybridized carbons (Fsp3) is 0.390. The molecule has 0 spiro atoms. The number of carbonyl (C=O) groups is 11. The van der Waals surface area contributed by atoms with E-state index in [0.717, 1.165) is 4.90 Å². The number of aromatic nitrogens is 4. The first kappa shape index (κ1) is 65.5. The van der Waals surface area contributed by atoms with Crippen molar-refractivity contribution in [3.8, 4) is 0 Å². The molecule has 11 atom stereocenters. The smallest absolute Gasteiger partial charge is 0.328 e. The van der Waals surface area contributed by atoms with E-state index in [0.29, 0.717) is 44.2 Å². The van der Waals surface area contributed by atoms with Gasteiger partial charge in [-0.3, -0.25) is 47.9 Å². The number of aliphatic hydroxyl groups excluding tert-OH is 2. The summed E-state index contributed by atoms with van der Waals surface area (Å²) in [5.74, 6) is -11.0. The topological polar surface area (TPSA) is 474 Å². The van der Waals surface area contributed by atoms with E-state index in [1.165, 1.54) is 26.4 Å². The first-order chi connectivity index (χ1) is 42.0. The molecule has 0 radical (unpaired) electrons. The molecule has 6 aromatic rings. The number of hydrogen-bond donors (Lipinski definition) is 16. The van der Waals surface area contributed by atoms with E-state index < -0.39 is 138 Å². The van der Waals surface area contributed by atoms with E-state index >= 15 is 0 Å². The number of carboxylic acid groups (broad SMARTS) is 1. The molecule has 0 unspecified atom stereocenters. The van der Waals surface area contributed by atoms with Crippen LogP contribution in [-0.4, -0.2) is 178 Å². The molecular weight excluding hydrogens is 1140 g/mol. The van der Waals surface area contributed by atoms with Crippen molar-refractivity contribution in [2.75, 3.05) is 6.54 Å². The summed E-state index contributed by atoms with van der Waals surface area (Å²) in [5, 5.41) is 50.2. The molecular formula is C59H73N15O14. The molecule has 88 heavy (non-hydrogen) atoms. The first-order valence-corrected chi connectivity index (χ1v) is 28.4. The first-order valence-electron chi connectivity index (χ1n) is 28.4. The van der Waals surface area contributed by atoms with E-state index in [4.69, 9.17) is 17.2 Å². The highest BCUT2D eigenvalue weighted by atomic mass is 16.4. The van der Waals surface area contributed by atoms with Crippen molar-refractivity contribution in [3.05, 3.63) is 126 Å². The van der Waals surface area contributed by atoms with Crippen LogP contribution >= 0.6 is 0 Å². The maximum Gasteiger partial charge on any atom is 0.328 e. The number of carboxylic acids is 1. The van der Waals surface area contributed by atoms with Crippen LogP contribution in [0.5, 0.6) is 0 Å². The Morgan fingerprint density at radius 3 is 1.61 bits per heavy atom. The van der Waals surface area contributed by atoms with Crippen LogP contribution in [-0.2, 0) is 78.4 Å². The van der Waals surface area contributed by atoms with Gasteiger partial charge in [-0.05, 0) is 61.9 Å². The molecule has 3 aromatic carbocycles. The highest BCUT2D eigenvalue weighted by Crippen LogP contribution is 2.24. The van der Waals surface area contributed by atoms with E-state index in [1.807, 2.05) is 0 Å². The van der Waals surface area contributed by atoms with Crippen LogP contribution in [0.4, 0.5) is 0 Å². The average Bonchev–Trinajstić information content (AvgIpc) is 4.56. The SMILES string of the molecule is C[C@@H](O)[C@H](NC(=O)[C@H](Cc1c[nH]c2ccccc12)NC(=O)[C@@H]1CCCN1C(=O)[C@@H](NC(=O)[C@H](CC(N)=O)NC(=O)[C@H](Cc1c[nH]c2ccccc12)NC(=O)[C@H](Cc1ccccc1)NC(=O)[C@H](Cc1cnc[nH]1)NC(=O)[C@@H](N)CCC(N)=O)[C@@H](C)O)C(=O)O. The van der Waals surface area contributed by atoms with Gasteiger partial charge in [0.2, 0.25) is 59.1 Å². The second kappa shape index (κ2) is 30.4. The minimum Gasteiger partial charge on any atom is -0.480 e. The number of aromatic amines is 3. The Morgan fingerprint density at radius 2 is 1.08 bits per heavy atom. The van der Waals surface area contributed by atoms with Crippen molar-refractivity contribution in [3.63, 3.8) is 0 Å². The summed E-state index contributed by atoms with van der Waals surface area (Å²) >= 11 is 0. The van der Waals surface area contributed by atoms with Crippen LogP contribution < -0.4 is 54.4 Å². The second-order valence-electron chi connectivity index (χ2n) is 21.7. The summed E-state index contributed by atoms with van der Waals surface area (Å²) in [5.41, 5.74) is 20.4. The highest BCUT2D eigenvalue weighted by Gasteiger charge is 2.42. The molecule has 3 aromatic heterocycles. The zero-order valence-corrected chi connectivity index (χ0v) is 48.2. The Balaban J connectivity index is 1.12. The lowest BCUT2D eigenvalue weighted by atomic mass is 10.0. The Hall–Kier alpha value is -10.00. The van der Waals surface area contributed by atoms with Crippen molar-refractivity contribution in [1.82, 2.24) is 62.1 Å². The number of nitrogens with two attached hydrogens (primary N) is 3. The Labute approximate surface area is 503 Å². The van der Waals surface area contributed by atoms with Gasteiger partial charge in [0.25, 0.3) is 0 Å². The molecule has 1 aliphatic heterocycles. The summed E-state index contributed by atoms with van der Waals surface area (Å²) in [6, 6.07) is 8.69. The Bertz CT molecular complexity index is 3480. The molecule has 0 saturated carbocycles. The minimum atomic E-state index is -1.87. The molecule has 19 N–H and O–H groups in total. The standard InChI is InChI=1S/C59H73N15O14/c1-30(75)49(58(86)74-20-10-17-46(74)57(85)71-43(55(83)73-50(31(2)76)59(87)88)23-34-27-65-40-16-9-7-14-37(34)40)72-56(84)45(25-48(62)78)70-53(81)42(22-33-26-64-39-15-8-6-13-36(33)39)69-52(80)41(21-32-11-4-3-5-12-32)68-54(82)44(24-35-28-63-29-66-35)67-51(79)38(60)18-19-47(61)77/h3-9,11-16,26-31,38,41-46,49-50,64-65,75-76H,10,17-25,60H2,1-2H3,(H2,61,77)(H2,62,78)(H,63,66)(H,67,79)(H,68,82)(H,69,80)(H,70,81)(H,71,85)(H,72,84)(H,73,83)(H,87,88)/t30-,31-,38+,41+,42+,43+,44+,45+,46+,49+,50+/m1/s1. The van der Waals surface area contributed by atoms with E-state index in [9.17, 15) is 68.1 Å². The zero-order valence-electron chi connectivity index (χ0n) is 48.2. The Kier molecular flexibility index (Phi) is 22.6. The average molecular weight is 1220 g/mol. The van der Waals surface area contributed by atoms with Gasteiger partial charge in [-0.2, -0.15) is 0 Å². The number of carbonyl (C=O) groups excluding carboxylic acids is 10. The molecule has 7 rings (SSSR count). The van der Waals surface area contributed by atoms with Crippen molar-refractivity contribution < 1.29 is 68.1 Å². The zero-order chi connectivity index (χ0) is 63.8. The van der Waals surface area contributed by atoms with Gasteiger partial charge < -0.3 is 89.6 Å². The molecule has 4 heterocycles. The van der Waals surface area contributed by atoms with E-state index in [-0.39, 0.29) is 57.9 Å². The van der Waals surface area contributed by atoms with Crippen LogP contribution in [0.15, 0.2) is 104 Å². The van der Waals surface area contributed by atoms with Crippen LogP contribution in [0.3, 0.4) is 0 Å². The lowest BCUT2D eigenvalue weighted by Crippen LogP contribution is -2.62. The lowest BCUT2D eigenvalue weighted by Gasteiger charge is -2.32. The number of H-pyrrole nitrogens is 3. The van der Waals surface area contributed by atoms with Crippen LogP contribution in [0.2, 0.25) is 0 Å². The van der Waals surface area contributed by atoms with Gasteiger partial charge in [-0.1, -0.05) is 66.7 Å². The van der Waals surface area contributed by atoms with Crippen LogP contribution in [0.25, 0.3) is 21.8 Å². The number of nitrogens with one attached hydrogen (secondary N) is 10. The van der Waals surface area contributed by atoms with E-state index in [1.54, 1.807) is 91.3 Å². The summed E-state index contributed by atoms with van der Waals surface area (Å²) in [4.78, 5) is 165. The van der Waals surface area contributed by atoms with Crippen molar-refractivity contribution in [2.45, 2.75) is 138 Å². The molecule has 10 amide bonds. The molecule has 29 nitrogen and oxygen atoms in total. The van der Waals surface area contributed by atoms with Gasteiger partial charge in [0, 0.05) is 84.7 Å². The van der Waals surface area contributed by atoms with E-state index in [2.05, 4.69) is 57.2 Å². The van der Waals surface area contributed by atoms with Crippen molar-refractivity contribution in [1.29, 1.82) is 0 Å². The van der Waals surface area contributed by atoms with Crippen LogP contribution in [0, 0.1) is 0 Å². The number of benzene rings is 3. The molecule has 1 fully saturated rings. The third-order valence-corrected chi connectivity index (χ3v) is 15.0. The number of likely N-dealkylation sites (tertiary alicyclic amines) is 1. The van der Waals surface area contributed by atoms with Gasteiger partial charge >= 0.3 is 5.97 Å². The third-order valence-electron chi connectivity index (χ3n) is 15.0. The number of rotatable bonds is 31. The largest absolute Gasteiger partial charge is 0.480 e. The molecule has 0 aliphatic carbocycles. The van der Waals surface area contributed by atoms with Gasteiger partial charge in [0.1, 0.15) is 42.3 Å². The normalized spacial score (nSPS) is 16.5. The highest BCUT2D eigenvalue weighted by molar-refractivity contribution is 6.00. The van der Waals surface area contributed by atoms with Gasteiger partial charge in [-0.15, -0.1) is 0 Å². The number of aliphatic hydroxyl groups is 2. The molecule has 29 heteroatoms. The third kappa shape index (κ3) is 17.6. The predicted molar refractivity (Wildman–Crippen MR) is 316 cm³/mol. The minimum absolute atomic E-state index is 0.0431. The lowest BCUT2D eigenvalue weighted by molar-refractivity contribution is -0.146. The maximum absolute atomic E-state index is 14.8. The number of amides is 10. The number of para-hydroxylation sites is 2. The number of nitrogens with zero attached hydrogens (tertiary/aromatic N) is 2. The number of imidazole rings is 1. The number of aliphatic carboxylic acids is 1. The Morgan fingerprint density at radius 1 is 0.591 bits per heavy atom. The van der Waals surface area contributed by atoms with Crippen LogP contribution in [0.1, 0.15) is 68.3 Å². The van der Waals surface area contributed by atoms with Gasteiger partial charge in [-0.25, -0.2) is 9.78 Å². The quantitative estimate of drug-likeness (QED) is 0.0211. The maximum atomic E-state index is 14.8. The van der Waals surface area contributed by atoms with Gasteiger partial charge in [0.15, 0.2) is 6.04 Å².